The van der Waals surface area contributed by atoms with E-state index in [9.17, 15) is 4.79 Å². The molecule has 1 heterocycles. The zero-order valence-corrected chi connectivity index (χ0v) is 9.41. The highest BCUT2D eigenvalue weighted by Gasteiger charge is 2.18. The van der Waals surface area contributed by atoms with Crippen LogP contribution in [-0.2, 0) is 17.7 Å². The number of methoxy groups -OCH3 is 1. The number of esters is 1. The van der Waals surface area contributed by atoms with Gasteiger partial charge in [0, 0.05) is 18.4 Å². The van der Waals surface area contributed by atoms with Crippen molar-refractivity contribution >= 4 is 5.97 Å². The minimum atomic E-state index is -0.305. The lowest BCUT2D eigenvalue weighted by Crippen LogP contribution is -2.07. The summed E-state index contributed by atoms with van der Waals surface area (Å²) >= 11 is 0. The second-order valence-corrected chi connectivity index (χ2v) is 3.38. The number of carbonyl (C=O) groups excluding carboxylic acids is 1. The molecule has 0 saturated heterocycles. The Morgan fingerprint density at radius 1 is 1.60 bits per heavy atom. The minimum absolute atomic E-state index is 0.0687. The van der Waals surface area contributed by atoms with Crippen LogP contribution < -0.4 is 0 Å². The molecule has 0 amide bonds. The number of ether oxygens (including phenoxy) is 1. The van der Waals surface area contributed by atoms with Crippen LogP contribution in [0, 0.1) is 6.92 Å². The number of hydrogen-bond donors (Lipinski definition) is 1. The fourth-order valence-corrected chi connectivity index (χ4v) is 1.71. The van der Waals surface area contributed by atoms with Crippen LogP contribution in [0.2, 0.25) is 0 Å². The number of aryl methyl sites for hydroxylation is 1. The lowest BCUT2D eigenvalue weighted by molar-refractivity contribution is 0.0598. The third kappa shape index (κ3) is 2.21. The fourth-order valence-electron chi connectivity index (χ4n) is 1.71. The van der Waals surface area contributed by atoms with Gasteiger partial charge in [-0.05, 0) is 18.9 Å². The highest BCUT2D eigenvalue weighted by Crippen LogP contribution is 2.18. The van der Waals surface area contributed by atoms with Gasteiger partial charge in [0.1, 0.15) is 0 Å². The van der Waals surface area contributed by atoms with Gasteiger partial charge in [-0.2, -0.15) is 0 Å². The molecule has 0 unspecified atom stereocenters. The maximum Gasteiger partial charge on any atom is 0.339 e. The van der Waals surface area contributed by atoms with Gasteiger partial charge in [0.25, 0.3) is 0 Å². The van der Waals surface area contributed by atoms with Crippen molar-refractivity contribution in [2.75, 3.05) is 13.7 Å². The van der Waals surface area contributed by atoms with Crippen molar-refractivity contribution in [3.8, 4) is 0 Å². The molecule has 84 valence electrons. The molecule has 0 radical (unpaired) electrons. The molecule has 0 spiro atoms. The van der Waals surface area contributed by atoms with E-state index < -0.39 is 0 Å². The number of rotatable bonds is 4. The number of aliphatic hydroxyl groups excluding tert-OH is 1. The van der Waals surface area contributed by atoms with Crippen LogP contribution in [0.25, 0.3) is 0 Å². The minimum Gasteiger partial charge on any atom is -0.465 e. The molecular formula is C11H17NO3. The van der Waals surface area contributed by atoms with Gasteiger partial charge in [-0.25, -0.2) is 4.79 Å². The first-order valence-electron chi connectivity index (χ1n) is 5.03. The van der Waals surface area contributed by atoms with Gasteiger partial charge in [-0.3, -0.25) is 0 Å². The van der Waals surface area contributed by atoms with Crippen molar-refractivity contribution < 1.29 is 14.6 Å². The van der Waals surface area contributed by atoms with Crippen LogP contribution in [0.1, 0.15) is 28.5 Å². The van der Waals surface area contributed by atoms with Crippen molar-refractivity contribution in [1.82, 2.24) is 4.57 Å². The second kappa shape index (κ2) is 4.98. The molecule has 0 aliphatic rings. The van der Waals surface area contributed by atoms with Crippen LogP contribution in [0.5, 0.6) is 0 Å². The van der Waals surface area contributed by atoms with Gasteiger partial charge < -0.3 is 14.4 Å². The Morgan fingerprint density at radius 3 is 2.73 bits per heavy atom. The fraction of sp³-hybridized carbons (Fsp3) is 0.545. The van der Waals surface area contributed by atoms with Crippen molar-refractivity contribution in [3.05, 3.63) is 23.0 Å². The Morgan fingerprint density at radius 2 is 2.27 bits per heavy atom. The van der Waals surface area contributed by atoms with Crippen molar-refractivity contribution in [2.45, 2.75) is 26.8 Å². The maximum absolute atomic E-state index is 11.5. The van der Waals surface area contributed by atoms with Gasteiger partial charge >= 0.3 is 5.97 Å². The predicted molar refractivity (Wildman–Crippen MR) is 57.0 cm³/mol. The molecule has 0 atom stereocenters. The zero-order chi connectivity index (χ0) is 11.4. The molecule has 4 heteroatoms. The predicted octanol–water partition coefficient (Wildman–Crippen LogP) is 1.14. The van der Waals surface area contributed by atoms with E-state index in [0.717, 1.165) is 17.7 Å². The maximum atomic E-state index is 11.5. The molecule has 1 rings (SSSR count). The van der Waals surface area contributed by atoms with Crippen LogP contribution >= 0.6 is 0 Å². The summed E-state index contributed by atoms with van der Waals surface area (Å²) in [6, 6.07) is 0. The van der Waals surface area contributed by atoms with Crippen LogP contribution in [-0.4, -0.2) is 29.4 Å². The molecule has 4 nitrogen and oxygen atoms in total. The Hall–Kier alpha value is -1.29. The summed E-state index contributed by atoms with van der Waals surface area (Å²) in [4.78, 5) is 11.5. The second-order valence-electron chi connectivity index (χ2n) is 3.38. The van der Waals surface area contributed by atoms with Crippen LogP contribution in [0.4, 0.5) is 0 Å². The summed E-state index contributed by atoms with van der Waals surface area (Å²) in [6.45, 7) is 4.43. The third-order valence-corrected chi connectivity index (χ3v) is 2.54. The van der Waals surface area contributed by atoms with Crippen molar-refractivity contribution in [1.29, 1.82) is 0 Å². The SMILES string of the molecule is CCc1cn(CCO)c(C)c1C(=O)OC. The first-order chi connectivity index (χ1) is 7.15. The molecule has 0 aliphatic heterocycles. The lowest BCUT2D eigenvalue weighted by Gasteiger charge is -2.04. The van der Waals surface area contributed by atoms with Gasteiger partial charge in [-0.1, -0.05) is 6.92 Å². The molecular weight excluding hydrogens is 194 g/mol. The number of nitrogens with zero attached hydrogens (tertiary/aromatic N) is 1. The van der Waals surface area contributed by atoms with E-state index in [-0.39, 0.29) is 12.6 Å². The Labute approximate surface area is 89.5 Å². The number of carbonyl (C=O) groups is 1. The van der Waals surface area contributed by atoms with E-state index >= 15 is 0 Å². The zero-order valence-electron chi connectivity index (χ0n) is 9.41. The molecule has 0 aliphatic carbocycles. The number of hydrogen-bond acceptors (Lipinski definition) is 3. The Bertz CT molecular complexity index is 355. The molecule has 0 fully saturated rings. The molecule has 0 aromatic carbocycles. The monoisotopic (exact) mass is 211 g/mol. The van der Waals surface area contributed by atoms with Gasteiger partial charge in [0.05, 0.1) is 19.3 Å². The molecule has 15 heavy (non-hydrogen) atoms. The normalized spacial score (nSPS) is 10.4. The molecule has 1 aromatic rings. The summed E-state index contributed by atoms with van der Waals surface area (Å²) in [7, 11) is 1.38. The third-order valence-electron chi connectivity index (χ3n) is 2.54. The van der Waals surface area contributed by atoms with E-state index in [1.807, 2.05) is 24.6 Å². The van der Waals surface area contributed by atoms with E-state index in [4.69, 9.17) is 9.84 Å². The highest BCUT2D eigenvalue weighted by atomic mass is 16.5. The highest BCUT2D eigenvalue weighted by molar-refractivity contribution is 5.92. The van der Waals surface area contributed by atoms with E-state index in [0.29, 0.717) is 12.1 Å². The Balaban J connectivity index is 3.17. The average molecular weight is 211 g/mol. The molecule has 1 aromatic heterocycles. The summed E-state index contributed by atoms with van der Waals surface area (Å²) in [5.74, 6) is -0.305. The summed E-state index contributed by atoms with van der Waals surface area (Å²) in [6.07, 6.45) is 2.68. The van der Waals surface area contributed by atoms with Gasteiger partial charge in [-0.15, -0.1) is 0 Å². The standard InChI is InChI=1S/C11H17NO3/c1-4-9-7-12(5-6-13)8(2)10(9)11(14)15-3/h7,13H,4-6H2,1-3H3. The van der Waals surface area contributed by atoms with Crippen LogP contribution in [0.3, 0.4) is 0 Å². The van der Waals surface area contributed by atoms with Crippen LogP contribution in [0.15, 0.2) is 6.20 Å². The largest absolute Gasteiger partial charge is 0.465 e. The molecule has 0 saturated carbocycles. The van der Waals surface area contributed by atoms with Crippen molar-refractivity contribution in [2.24, 2.45) is 0 Å². The smallest absolute Gasteiger partial charge is 0.339 e. The number of aliphatic hydroxyl groups is 1. The number of aromatic nitrogens is 1. The summed E-state index contributed by atoms with van der Waals surface area (Å²) < 4.78 is 6.62. The van der Waals surface area contributed by atoms with Gasteiger partial charge in [0.2, 0.25) is 0 Å². The molecule has 0 bridgehead atoms. The van der Waals surface area contributed by atoms with Crippen molar-refractivity contribution in [3.63, 3.8) is 0 Å². The summed E-state index contributed by atoms with van der Waals surface area (Å²) in [5.41, 5.74) is 2.45. The molecule has 1 N–H and O–H groups in total. The quantitative estimate of drug-likeness (QED) is 0.760. The first-order valence-corrected chi connectivity index (χ1v) is 5.03. The lowest BCUT2D eigenvalue weighted by atomic mass is 10.1. The van der Waals surface area contributed by atoms with E-state index in [1.165, 1.54) is 7.11 Å². The average Bonchev–Trinajstić information content (AvgIpc) is 2.55. The summed E-state index contributed by atoms with van der Waals surface area (Å²) in [5, 5.41) is 8.88. The Kier molecular flexibility index (Phi) is 3.91. The van der Waals surface area contributed by atoms with E-state index in [1.54, 1.807) is 0 Å². The van der Waals surface area contributed by atoms with E-state index in [2.05, 4.69) is 0 Å². The van der Waals surface area contributed by atoms with Gasteiger partial charge in [0.15, 0.2) is 0 Å². The topological polar surface area (TPSA) is 51.5 Å². The first kappa shape index (κ1) is 11.8.